The van der Waals surface area contributed by atoms with E-state index in [0.717, 1.165) is 6.42 Å². The van der Waals surface area contributed by atoms with Crippen LogP contribution in [0.2, 0.25) is 0 Å². The summed E-state index contributed by atoms with van der Waals surface area (Å²) in [4.78, 5) is 0. The van der Waals surface area contributed by atoms with Crippen molar-refractivity contribution in [3.8, 4) is 0 Å². The molecule has 1 nitrogen and oxygen atoms in total. The van der Waals surface area contributed by atoms with Crippen molar-refractivity contribution in [2.45, 2.75) is 71.1 Å². The summed E-state index contributed by atoms with van der Waals surface area (Å²) >= 11 is 0. The minimum absolute atomic E-state index is 0. The molecule has 0 amide bonds. The fourth-order valence-corrected chi connectivity index (χ4v) is 1.61. The average molecular weight is 484 g/mol. The molecule has 0 fully saturated rings. The molecule has 0 aliphatic rings. The SMILES string of the molecule is CCCCCCCCCCCC[NH-].[B].[B].[B].[Y].[Y].[Y]. The molecular formula is C12H26B3NY3-. The van der Waals surface area contributed by atoms with Crippen LogP contribution in [0.4, 0.5) is 0 Å². The predicted octanol–water partition coefficient (Wildman–Crippen LogP) is 3.81. The van der Waals surface area contributed by atoms with Gasteiger partial charge in [0.05, 0.1) is 0 Å². The van der Waals surface area contributed by atoms with Gasteiger partial charge in [-0.2, -0.15) is 6.54 Å². The summed E-state index contributed by atoms with van der Waals surface area (Å²) in [7, 11) is 0. The summed E-state index contributed by atoms with van der Waals surface area (Å²) in [6, 6.07) is 0. The van der Waals surface area contributed by atoms with Gasteiger partial charge in [0.25, 0.3) is 0 Å². The molecule has 0 saturated carbocycles. The Kier molecular flexibility index (Phi) is 97.9. The maximum Gasteiger partial charge on any atom is 0 e. The summed E-state index contributed by atoms with van der Waals surface area (Å²) in [5.41, 5.74) is 7.00. The van der Waals surface area contributed by atoms with E-state index >= 15 is 0 Å². The van der Waals surface area contributed by atoms with Crippen LogP contribution in [0.25, 0.3) is 5.73 Å². The van der Waals surface area contributed by atoms with Gasteiger partial charge in [0.15, 0.2) is 0 Å². The molecule has 19 heavy (non-hydrogen) atoms. The Bertz CT molecular complexity index is 94.3. The molecule has 0 rings (SSSR count). The van der Waals surface area contributed by atoms with Crippen molar-refractivity contribution in [3.05, 3.63) is 5.73 Å². The second-order valence-corrected chi connectivity index (χ2v) is 3.93. The van der Waals surface area contributed by atoms with E-state index in [1.54, 1.807) is 0 Å². The van der Waals surface area contributed by atoms with E-state index in [2.05, 4.69) is 6.92 Å². The first-order valence-corrected chi connectivity index (χ1v) is 6.06. The molecule has 98 valence electrons. The van der Waals surface area contributed by atoms with E-state index in [1.807, 2.05) is 0 Å². The Morgan fingerprint density at radius 3 is 1.05 bits per heavy atom. The van der Waals surface area contributed by atoms with Gasteiger partial charge in [-0.05, 0) is 0 Å². The Hall–Kier alpha value is 3.47. The molecule has 7 heteroatoms. The average Bonchev–Trinajstić information content (AvgIpc) is 2.16. The number of hydrogen-bond acceptors (Lipinski definition) is 0. The standard InChI is InChI=1S/C12H26N.3B.3Y/c1-2-3-4-5-6-7-8-9-10-11-12-13;;;;;;/h13H,2-12H2,1H3;;;;;;/q-1;;;;;;. The van der Waals surface area contributed by atoms with Crippen molar-refractivity contribution in [3.63, 3.8) is 0 Å². The van der Waals surface area contributed by atoms with E-state index in [-0.39, 0.29) is 123 Å². The molecule has 0 aliphatic carbocycles. The largest absolute Gasteiger partial charge is 0.677 e. The van der Waals surface area contributed by atoms with Crippen LogP contribution in [0.15, 0.2) is 0 Å². The van der Waals surface area contributed by atoms with Gasteiger partial charge in [-0.1, -0.05) is 71.1 Å². The molecule has 1 N–H and O–H groups in total. The molecule has 0 aromatic carbocycles. The normalized spacial score (nSPS) is 7.26. The molecule has 0 bridgehead atoms. The fourth-order valence-electron chi connectivity index (χ4n) is 1.61. The monoisotopic (exact) mass is 484 g/mol. The number of hydrogen-bond donors (Lipinski definition) is 0. The zero-order valence-corrected chi connectivity index (χ0v) is 21.3. The van der Waals surface area contributed by atoms with Gasteiger partial charge in [0, 0.05) is 123 Å². The van der Waals surface area contributed by atoms with E-state index in [1.165, 1.54) is 57.8 Å². The molecule has 0 spiro atoms. The molecule has 0 saturated heterocycles. The van der Waals surface area contributed by atoms with Gasteiger partial charge in [-0.15, -0.1) is 0 Å². The van der Waals surface area contributed by atoms with Crippen LogP contribution in [-0.4, -0.2) is 31.8 Å². The van der Waals surface area contributed by atoms with Crippen molar-refractivity contribution in [1.29, 1.82) is 0 Å². The Morgan fingerprint density at radius 1 is 0.526 bits per heavy atom. The summed E-state index contributed by atoms with van der Waals surface area (Å²) < 4.78 is 0. The van der Waals surface area contributed by atoms with Crippen LogP contribution in [-0.2, 0) is 98.1 Å². The predicted molar refractivity (Wildman–Crippen MR) is 78.3 cm³/mol. The third-order valence-corrected chi connectivity index (χ3v) is 2.53. The molecule has 12 radical (unpaired) electrons. The first-order chi connectivity index (χ1) is 6.41. The molecule has 0 aromatic rings. The van der Waals surface area contributed by atoms with E-state index in [9.17, 15) is 0 Å². The number of rotatable bonds is 10. The Labute approximate surface area is 203 Å². The van der Waals surface area contributed by atoms with Crippen LogP contribution < -0.4 is 0 Å². The zero-order chi connectivity index (χ0) is 9.78. The molecule has 0 heterocycles. The van der Waals surface area contributed by atoms with Crippen molar-refractivity contribution in [2.24, 2.45) is 0 Å². The maximum atomic E-state index is 7.00. The molecule has 0 atom stereocenters. The first kappa shape index (κ1) is 43.3. The summed E-state index contributed by atoms with van der Waals surface area (Å²) in [5.74, 6) is 0. The molecular weight excluding hydrogens is 457 g/mol. The second kappa shape index (κ2) is 43.0. The van der Waals surface area contributed by atoms with Crippen molar-refractivity contribution in [1.82, 2.24) is 0 Å². The summed E-state index contributed by atoms with van der Waals surface area (Å²) in [6.07, 6.45) is 13.6. The van der Waals surface area contributed by atoms with Gasteiger partial charge in [0.2, 0.25) is 0 Å². The zero-order valence-electron chi connectivity index (χ0n) is 12.7. The minimum atomic E-state index is 0. The fraction of sp³-hybridized carbons (Fsp3) is 1.00. The van der Waals surface area contributed by atoms with E-state index in [4.69, 9.17) is 5.73 Å². The van der Waals surface area contributed by atoms with Crippen LogP contribution >= 0.6 is 0 Å². The quantitative estimate of drug-likeness (QED) is 0.334. The number of unbranched alkanes of at least 4 members (excludes halogenated alkanes) is 9. The van der Waals surface area contributed by atoms with Crippen LogP contribution in [0.3, 0.4) is 0 Å². The van der Waals surface area contributed by atoms with E-state index in [0.29, 0.717) is 6.54 Å². The third-order valence-electron chi connectivity index (χ3n) is 2.53. The van der Waals surface area contributed by atoms with Crippen molar-refractivity contribution < 1.29 is 98.1 Å². The van der Waals surface area contributed by atoms with Crippen molar-refractivity contribution >= 4 is 25.2 Å². The van der Waals surface area contributed by atoms with Gasteiger partial charge < -0.3 is 5.73 Å². The van der Waals surface area contributed by atoms with Gasteiger partial charge in [0.1, 0.15) is 0 Å². The summed E-state index contributed by atoms with van der Waals surface area (Å²) in [6.45, 7) is 2.89. The third kappa shape index (κ3) is 44.9. The van der Waals surface area contributed by atoms with Gasteiger partial charge in [-0.3, -0.25) is 0 Å². The second-order valence-electron chi connectivity index (χ2n) is 3.93. The molecule has 0 aromatic heterocycles. The van der Waals surface area contributed by atoms with Crippen LogP contribution in [0.5, 0.6) is 0 Å². The maximum absolute atomic E-state index is 7.00. The van der Waals surface area contributed by atoms with Gasteiger partial charge in [-0.25, -0.2) is 0 Å². The van der Waals surface area contributed by atoms with E-state index < -0.39 is 0 Å². The molecule has 0 aliphatic heterocycles. The van der Waals surface area contributed by atoms with Gasteiger partial charge >= 0.3 is 0 Å². The van der Waals surface area contributed by atoms with Crippen LogP contribution in [0.1, 0.15) is 71.1 Å². The minimum Gasteiger partial charge on any atom is -0.677 e. The van der Waals surface area contributed by atoms with Crippen molar-refractivity contribution in [2.75, 3.05) is 6.54 Å². The smallest absolute Gasteiger partial charge is 0 e. The topological polar surface area (TPSA) is 23.8 Å². The summed E-state index contributed by atoms with van der Waals surface area (Å²) in [5, 5.41) is 0. The number of nitrogens with one attached hydrogen (secondary N) is 1. The first-order valence-electron chi connectivity index (χ1n) is 6.06. The molecule has 0 unspecified atom stereocenters. The Balaban J connectivity index is -0.0000000480. The van der Waals surface area contributed by atoms with Crippen LogP contribution in [0, 0.1) is 0 Å². The Morgan fingerprint density at radius 2 is 0.789 bits per heavy atom.